The van der Waals surface area contributed by atoms with Gasteiger partial charge in [0.15, 0.2) is 5.78 Å². The molecule has 0 fully saturated rings. The summed E-state index contributed by atoms with van der Waals surface area (Å²) in [6.07, 6.45) is 1.80. The highest BCUT2D eigenvalue weighted by Crippen LogP contribution is 2.32. The first kappa shape index (κ1) is 23.4. The lowest BCUT2D eigenvalue weighted by Crippen LogP contribution is -2.32. The molecule has 31 heavy (non-hydrogen) atoms. The van der Waals surface area contributed by atoms with Crippen molar-refractivity contribution in [2.45, 2.75) is 53.4 Å². The number of carbonyl (C=O) groups excluding carboxylic acids is 1. The van der Waals surface area contributed by atoms with Gasteiger partial charge in [0.2, 0.25) is 0 Å². The summed E-state index contributed by atoms with van der Waals surface area (Å²) in [4.78, 5) is 17.1. The van der Waals surface area contributed by atoms with Crippen molar-refractivity contribution in [3.05, 3.63) is 52.8 Å². The van der Waals surface area contributed by atoms with Gasteiger partial charge in [-0.1, -0.05) is 55.0 Å². The van der Waals surface area contributed by atoms with Crippen molar-refractivity contribution < 1.29 is 14.3 Å². The number of Topliss-reactive ketones (excluding diaryl/α,β-unsaturated/α-hetero) is 1. The van der Waals surface area contributed by atoms with E-state index in [1.165, 1.54) is 18.3 Å². The van der Waals surface area contributed by atoms with Crippen LogP contribution in [0.2, 0.25) is 5.02 Å². The van der Waals surface area contributed by atoms with Crippen molar-refractivity contribution in [2.24, 2.45) is 5.92 Å². The van der Waals surface area contributed by atoms with Crippen molar-refractivity contribution in [1.29, 1.82) is 0 Å². The third-order valence-corrected chi connectivity index (χ3v) is 6.12. The predicted molar refractivity (Wildman–Crippen MR) is 124 cm³/mol. The van der Waals surface area contributed by atoms with Crippen molar-refractivity contribution in [3.63, 3.8) is 0 Å². The molecule has 0 radical (unpaired) electrons. The van der Waals surface area contributed by atoms with E-state index in [1.807, 2.05) is 35.0 Å². The highest BCUT2D eigenvalue weighted by atomic mass is 35.5. The Labute approximate surface area is 192 Å². The van der Waals surface area contributed by atoms with Crippen LogP contribution in [0, 0.1) is 5.92 Å². The second kappa shape index (κ2) is 9.94. The Kier molecular flexibility index (Phi) is 7.51. The zero-order valence-electron chi connectivity index (χ0n) is 18.5. The Morgan fingerprint density at radius 2 is 2.03 bits per heavy atom. The Balaban J connectivity index is 1.89. The van der Waals surface area contributed by atoms with Gasteiger partial charge in [-0.05, 0) is 44.4 Å². The maximum Gasteiger partial charge on any atom is 0.273 e. The lowest BCUT2D eigenvalue weighted by molar-refractivity contribution is -0.139. The van der Waals surface area contributed by atoms with E-state index in [0.29, 0.717) is 29.3 Å². The van der Waals surface area contributed by atoms with Gasteiger partial charge in [0.05, 0.1) is 42.2 Å². The number of aromatic nitrogens is 3. The summed E-state index contributed by atoms with van der Waals surface area (Å²) in [5.74, 6) is 0.393. The molecule has 0 spiro atoms. The lowest BCUT2D eigenvalue weighted by Gasteiger charge is -2.21. The molecule has 0 saturated heterocycles. The fourth-order valence-electron chi connectivity index (χ4n) is 2.68. The summed E-state index contributed by atoms with van der Waals surface area (Å²) in [7, 11) is 0. The largest absolute Gasteiger partial charge is 0.470 e. The van der Waals surface area contributed by atoms with Gasteiger partial charge >= 0.3 is 0 Å². The number of carbonyl (C=O) groups is 1. The minimum Gasteiger partial charge on any atom is -0.470 e. The Bertz CT molecular complexity index is 1040. The minimum absolute atomic E-state index is 0.0300. The Morgan fingerprint density at radius 3 is 2.71 bits per heavy atom. The van der Waals surface area contributed by atoms with Crippen LogP contribution < -0.4 is 4.74 Å². The molecule has 0 bridgehead atoms. The molecule has 1 aromatic carbocycles. The fraction of sp³-hybridized carbons (Fsp3) is 0.435. The van der Waals surface area contributed by atoms with Crippen LogP contribution in [0.3, 0.4) is 0 Å². The Morgan fingerprint density at radius 1 is 1.29 bits per heavy atom. The number of halogens is 1. The molecule has 0 unspecified atom stereocenters. The quantitative estimate of drug-likeness (QED) is 0.391. The molecular weight excluding hydrogens is 434 g/mol. The Hall–Kier alpha value is -2.22. The summed E-state index contributed by atoms with van der Waals surface area (Å²) >= 11 is 7.85. The average Bonchev–Trinajstić information content (AvgIpc) is 3.33. The summed E-state index contributed by atoms with van der Waals surface area (Å²) in [5.41, 5.74) is 1.73. The summed E-state index contributed by atoms with van der Waals surface area (Å²) in [5, 5.41) is 6.04. The fourth-order valence-corrected chi connectivity index (χ4v) is 3.67. The van der Waals surface area contributed by atoms with Gasteiger partial charge in [-0.2, -0.15) is 5.10 Å². The van der Waals surface area contributed by atoms with Crippen LogP contribution in [0.4, 0.5) is 0 Å². The van der Waals surface area contributed by atoms with Gasteiger partial charge in [-0.25, -0.2) is 4.98 Å². The first-order valence-electron chi connectivity index (χ1n) is 10.2. The number of thiazole rings is 1. The van der Waals surface area contributed by atoms with E-state index >= 15 is 0 Å². The second-order valence-electron chi connectivity index (χ2n) is 8.32. The van der Waals surface area contributed by atoms with Gasteiger partial charge in [-0.3, -0.25) is 9.48 Å². The lowest BCUT2D eigenvalue weighted by atomic mass is 10.1. The highest BCUT2D eigenvalue weighted by Gasteiger charge is 2.25. The van der Waals surface area contributed by atoms with Crippen LogP contribution in [0.25, 0.3) is 10.6 Å². The van der Waals surface area contributed by atoms with Crippen molar-refractivity contribution in [2.75, 3.05) is 6.61 Å². The number of benzene rings is 1. The molecule has 0 N–H and O–H groups in total. The van der Waals surface area contributed by atoms with E-state index in [9.17, 15) is 4.79 Å². The van der Waals surface area contributed by atoms with Crippen molar-refractivity contribution in [3.8, 4) is 15.8 Å². The number of hydrogen-bond donors (Lipinski definition) is 0. The molecule has 2 aromatic heterocycles. The number of hydrogen-bond acceptors (Lipinski definition) is 6. The minimum atomic E-state index is -0.866. The smallest absolute Gasteiger partial charge is 0.273 e. The monoisotopic (exact) mass is 461 g/mol. The number of rotatable bonds is 10. The third kappa shape index (κ3) is 6.15. The molecule has 8 heteroatoms. The highest BCUT2D eigenvalue weighted by molar-refractivity contribution is 7.16. The normalized spacial score (nSPS) is 11.8. The number of nitrogens with zero attached hydrogens (tertiary/aromatic N) is 3. The molecule has 166 valence electrons. The van der Waals surface area contributed by atoms with E-state index in [2.05, 4.69) is 18.8 Å². The van der Waals surface area contributed by atoms with Crippen LogP contribution in [-0.4, -0.2) is 32.8 Å². The van der Waals surface area contributed by atoms with Crippen LogP contribution in [0.15, 0.2) is 36.5 Å². The summed E-state index contributed by atoms with van der Waals surface area (Å²) in [6.45, 7) is 10.6. The van der Waals surface area contributed by atoms with E-state index in [4.69, 9.17) is 26.2 Å². The molecule has 0 aliphatic heterocycles. The second-order valence-corrected chi connectivity index (χ2v) is 9.72. The topological polar surface area (TPSA) is 66.2 Å². The molecular formula is C23H28ClN3O3S. The van der Waals surface area contributed by atoms with Gasteiger partial charge in [0.1, 0.15) is 5.60 Å². The van der Waals surface area contributed by atoms with E-state index < -0.39 is 5.60 Å². The average molecular weight is 462 g/mol. The SMILES string of the molecule is CC(=O)C(C)(C)OCc1cc(-c2cnc(OCC(C)C)s2)n(Cc2ccccc2Cl)n1. The van der Waals surface area contributed by atoms with E-state index in [0.717, 1.165) is 21.8 Å². The van der Waals surface area contributed by atoms with Crippen LogP contribution in [0.1, 0.15) is 45.9 Å². The van der Waals surface area contributed by atoms with Gasteiger partial charge in [0, 0.05) is 5.02 Å². The first-order valence-corrected chi connectivity index (χ1v) is 11.4. The molecule has 2 heterocycles. The molecule has 3 aromatic rings. The molecule has 0 aliphatic carbocycles. The van der Waals surface area contributed by atoms with E-state index in [1.54, 1.807) is 20.0 Å². The van der Waals surface area contributed by atoms with Gasteiger partial charge < -0.3 is 9.47 Å². The van der Waals surface area contributed by atoms with Crippen molar-refractivity contribution >= 4 is 28.7 Å². The zero-order valence-corrected chi connectivity index (χ0v) is 20.1. The molecule has 0 atom stereocenters. The summed E-state index contributed by atoms with van der Waals surface area (Å²) < 4.78 is 13.5. The summed E-state index contributed by atoms with van der Waals surface area (Å²) in [6, 6.07) is 9.67. The van der Waals surface area contributed by atoms with Gasteiger partial charge in [0.25, 0.3) is 5.19 Å². The standard InChI is InChI=1S/C23H28ClN3O3S/c1-15(2)13-29-22-25-11-21(31-22)20-10-18(14-30-23(4,5)16(3)28)26-27(20)12-17-8-6-7-9-19(17)24/h6-11,15H,12-14H2,1-5H3. The van der Waals surface area contributed by atoms with Gasteiger partial charge in [-0.15, -0.1) is 0 Å². The zero-order chi connectivity index (χ0) is 22.6. The predicted octanol–water partition coefficient (Wildman–Crippen LogP) is 5.63. The van der Waals surface area contributed by atoms with E-state index in [-0.39, 0.29) is 12.4 Å². The van der Waals surface area contributed by atoms with Crippen LogP contribution in [-0.2, 0) is 22.7 Å². The third-order valence-electron chi connectivity index (χ3n) is 4.81. The molecule has 0 saturated carbocycles. The number of ketones is 1. The first-order chi connectivity index (χ1) is 14.7. The van der Waals surface area contributed by atoms with Crippen molar-refractivity contribution in [1.82, 2.24) is 14.8 Å². The molecule has 6 nitrogen and oxygen atoms in total. The van der Waals surface area contributed by atoms with Crippen LogP contribution >= 0.6 is 22.9 Å². The van der Waals surface area contributed by atoms with Crippen LogP contribution in [0.5, 0.6) is 5.19 Å². The molecule has 0 aliphatic rings. The maximum absolute atomic E-state index is 11.8. The number of ether oxygens (including phenoxy) is 2. The molecule has 3 rings (SSSR count). The molecule has 0 amide bonds. The maximum atomic E-state index is 11.8.